The Balaban J connectivity index is 2.51. The van der Waals surface area contributed by atoms with Crippen molar-refractivity contribution in [2.24, 2.45) is 0 Å². The number of carbonyl (C=O) groups is 1. The summed E-state index contributed by atoms with van der Waals surface area (Å²) in [6.45, 7) is 1.62. The van der Waals surface area contributed by atoms with Crippen molar-refractivity contribution in [1.29, 1.82) is 0 Å². The van der Waals surface area contributed by atoms with Crippen molar-refractivity contribution in [2.45, 2.75) is 13.1 Å². The van der Waals surface area contributed by atoms with Crippen LogP contribution in [0.2, 0.25) is 0 Å². The molecule has 0 fully saturated rings. The summed E-state index contributed by atoms with van der Waals surface area (Å²) in [6, 6.07) is 4.40. The lowest BCUT2D eigenvalue weighted by Crippen LogP contribution is -2.08. The topological polar surface area (TPSA) is 52.1 Å². The van der Waals surface area contributed by atoms with E-state index < -0.39 is 17.7 Å². The third kappa shape index (κ3) is 3.18. The van der Waals surface area contributed by atoms with Crippen molar-refractivity contribution in [2.75, 3.05) is 7.11 Å². The van der Waals surface area contributed by atoms with E-state index in [1.807, 2.05) is 0 Å². The number of nitrogens with zero attached hydrogens (tertiary/aromatic N) is 2. The van der Waals surface area contributed by atoms with Crippen LogP contribution < -0.4 is 0 Å². The van der Waals surface area contributed by atoms with Gasteiger partial charge in [0.15, 0.2) is 0 Å². The second kappa shape index (κ2) is 5.51. The number of ether oxygens (including phenoxy) is 1. The summed E-state index contributed by atoms with van der Waals surface area (Å²) < 4.78 is 42.3. The van der Waals surface area contributed by atoms with E-state index in [-0.39, 0.29) is 11.3 Å². The first kappa shape index (κ1) is 15.0. The molecule has 0 saturated heterocycles. The number of hydrogen-bond donors (Lipinski definition) is 0. The molecular weight excluding hydrogens is 285 g/mol. The van der Waals surface area contributed by atoms with E-state index in [2.05, 4.69) is 14.7 Å². The highest BCUT2D eigenvalue weighted by Crippen LogP contribution is 2.31. The van der Waals surface area contributed by atoms with Crippen molar-refractivity contribution >= 4 is 5.97 Å². The molecule has 7 heteroatoms. The first-order valence-electron chi connectivity index (χ1n) is 5.92. The largest absolute Gasteiger partial charge is 0.465 e. The number of halogens is 3. The fourth-order valence-electron chi connectivity index (χ4n) is 1.77. The highest BCUT2D eigenvalue weighted by molar-refractivity contribution is 5.95. The molecule has 0 radical (unpaired) electrons. The molecule has 0 aliphatic rings. The molecule has 4 nitrogen and oxygen atoms in total. The SMILES string of the molecule is COC(=O)c1cnc(C)nc1-c1ccc(C(F)(F)F)cc1. The molecule has 1 heterocycles. The van der Waals surface area contributed by atoms with Crippen LogP contribution in [0.1, 0.15) is 21.7 Å². The van der Waals surface area contributed by atoms with Gasteiger partial charge in [-0.15, -0.1) is 0 Å². The third-order valence-electron chi connectivity index (χ3n) is 2.80. The number of aryl methyl sites for hydroxylation is 1. The van der Waals surface area contributed by atoms with Crippen LogP contribution in [0.4, 0.5) is 13.2 Å². The third-order valence-corrected chi connectivity index (χ3v) is 2.80. The van der Waals surface area contributed by atoms with Crippen LogP contribution in [0.5, 0.6) is 0 Å². The smallest absolute Gasteiger partial charge is 0.416 e. The maximum atomic E-state index is 12.5. The van der Waals surface area contributed by atoms with E-state index in [1.165, 1.54) is 25.4 Å². The average Bonchev–Trinajstić information content (AvgIpc) is 2.45. The van der Waals surface area contributed by atoms with E-state index >= 15 is 0 Å². The van der Waals surface area contributed by atoms with Gasteiger partial charge in [-0.3, -0.25) is 0 Å². The van der Waals surface area contributed by atoms with Gasteiger partial charge >= 0.3 is 12.1 Å². The monoisotopic (exact) mass is 296 g/mol. The summed E-state index contributed by atoms with van der Waals surface area (Å²) in [7, 11) is 1.21. The molecule has 0 N–H and O–H groups in total. The predicted molar refractivity (Wildman–Crippen MR) is 68.5 cm³/mol. The lowest BCUT2D eigenvalue weighted by Gasteiger charge is -2.10. The van der Waals surface area contributed by atoms with Crippen LogP contribution in [0.3, 0.4) is 0 Å². The van der Waals surface area contributed by atoms with Crippen LogP contribution in [0.25, 0.3) is 11.3 Å². The Labute approximate surface area is 118 Å². The zero-order valence-electron chi connectivity index (χ0n) is 11.2. The quantitative estimate of drug-likeness (QED) is 0.798. The maximum Gasteiger partial charge on any atom is 0.416 e. The molecule has 0 bridgehead atoms. The van der Waals surface area contributed by atoms with Gasteiger partial charge in [0.2, 0.25) is 0 Å². The molecule has 0 saturated carbocycles. The minimum Gasteiger partial charge on any atom is -0.465 e. The van der Waals surface area contributed by atoms with Gasteiger partial charge in [-0.25, -0.2) is 14.8 Å². The molecule has 2 rings (SSSR count). The van der Waals surface area contributed by atoms with Gasteiger partial charge in [0.05, 0.1) is 18.4 Å². The molecule has 110 valence electrons. The van der Waals surface area contributed by atoms with E-state index in [0.717, 1.165) is 12.1 Å². The summed E-state index contributed by atoms with van der Waals surface area (Å²) in [6.07, 6.45) is -3.12. The van der Waals surface area contributed by atoms with Crippen molar-refractivity contribution in [3.63, 3.8) is 0 Å². The molecule has 1 aromatic heterocycles. The summed E-state index contributed by atoms with van der Waals surface area (Å²) in [5.74, 6) is -0.248. The van der Waals surface area contributed by atoms with Crippen LogP contribution in [0, 0.1) is 6.92 Å². The molecule has 0 aliphatic heterocycles. The van der Waals surface area contributed by atoms with E-state index in [1.54, 1.807) is 6.92 Å². The van der Waals surface area contributed by atoms with Gasteiger partial charge in [-0.2, -0.15) is 13.2 Å². The lowest BCUT2D eigenvalue weighted by atomic mass is 10.0. The Morgan fingerprint density at radius 3 is 2.33 bits per heavy atom. The first-order valence-corrected chi connectivity index (χ1v) is 5.92. The molecule has 1 aromatic carbocycles. The van der Waals surface area contributed by atoms with Crippen LogP contribution >= 0.6 is 0 Å². The van der Waals surface area contributed by atoms with E-state index in [9.17, 15) is 18.0 Å². The molecule has 0 spiro atoms. The Morgan fingerprint density at radius 2 is 1.81 bits per heavy atom. The zero-order chi connectivity index (χ0) is 15.6. The summed E-state index contributed by atoms with van der Waals surface area (Å²) in [5.41, 5.74) is -0.0449. The standard InChI is InChI=1S/C14H11F3N2O2/c1-8-18-7-11(13(20)21-2)12(19-8)9-3-5-10(6-4-9)14(15,16)17/h3-7H,1-2H3. The predicted octanol–water partition coefficient (Wildman–Crippen LogP) is 3.26. The van der Waals surface area contributed by atoms with Crippen molar-refractivity contribution < 1.29 is 22.7 Å². The average molecular weight is 296 g/mol. The fraction of sp³-hybridized carbons (Fsp3) is 0.214. The van der Waals surface area contributed by atoms with Gasteiger partial charge in [-0.05, 0) is 19.1 Å². The molecule has 0 aliphatic carbocycles. The van der Waals surface area contributed by atoms with Gasteiger partial charge in [0.1, 0.15) is 11.4 Å². The Kier molecular flexibility index (Phi) is 3.93. The van der Waals surface area contributed by atoms with Crippen LogP contribution in [-0.4, -0.2) is 23.0 Å². The number of hydrogen-bond acceptors (Lipinski definition) is 4. The number of alkyl halides is 3. The highest BCUT2D eigenvalue weighted by Gasteiger charge is 2.30. The molecule has 21 heavy (non-hydrogen) atoms. The van der Waals surface area contributed by atoms with Gasteiger partial charge < -0.3 is 4.74 Å². The molecular formula is C14H11F3N2O2. The highest BCUT2D eigenvalue weighted by atomic mass is 19.4. The number of carbonyl (C=O) groups excluding carboxylic acids is 1. The number of methoxy groups -OCH3 is 1. The summed E-state index contributed by atoms with van der Waals surface area (Å²) >= 11 is 0. The Hall–Kier alpha value is -2.44. The minimum atomic E-state index is -4.41. The van der Waals surface area contributed by atoms with E-state index in [0.29, 0.717) is 11.4 Å². The Bertz CT molecular complexity index is 667. The van der Waals surface area contributed by atoms with Gasteiger partial charge in [0.25, 0.3) is 0 Å². The molecule has 0 atom stereocenters. The molecule has 2 aromatic rings. The van der Waals surface area contributed by atoms with Crippen molar-refractivity contribution in [1.82, 2.24) is 9.97 Å². The van der Waals surface area contributed by atoms with Gasteiger partial charge in [-0.1, -0.05) is 12.1 Å². The van der Waals surface area contributed by atoms with Crippen LogP contribution in [-0.2, 0) is 10.9 Å². The van der Waals surface area contributed by atoms with Crippen molar-refractivity contribution in [3.05, 3.63) is 47.4 Å². The maximum absolute atomic E-state index is 12.5. The van der Waals surface area contributed by atoms with E-state index in [4.69, 9.17) is 0 Å². The number of esters is 1. The molecule has 0 unspecified atom stereocenters. The number of rotatable bonds is 2. The summed E-state index contributed by atoms with van der Waals surface area (Å²) in [4.78, 5) is 19.7. The minimum absolute atomic E-state index is 0.0999. The van der Waals surface area contributed by atoms with Gasteiger partial charge in [0, 0.05) is 11.8 Å². The number of aromatic nitrogens is 2. The Morgan fingerprint density at radius 1 is 1.19 bits per heavy atom. The van der Waals surface area contributed by atoms with Crippen molar-refractivity contribution in [3.8, 4) is 11.3 Å². The number of benzene rings is 1. The fourth-order valence-corrected chi connectivity index (χ4v) is 1.77. The van der Waals surface area contributed by atoms with Crippen LogP contribution in [0.15, 0.2) is 30.5 Å². The molecule has 0 amide bonds. The first-order chi connectivity index (χ1) is 9.82. The summed E-state index contributed by atoms with van der Waals surface area (Å²) in [5, 5.41) is 0. The second-order valence-electron chi connectivity index (χ2n) is 4.25. The normalized spacial score (nSPS) is 11.3. The lowest BCUT2D eigenvalue weighted by molar-refractivity contribution is -0.137. The second-order valence-corrected chi connectivity index (χ2v) is 4.25. The zero-order valence-corrected chi connectivity index (χ0v) is 11.2.